The van der Waals surface area contributed by atoms with Crippen molar-refractivity contribution < 1.29 is 9.53 Å². The van der Waals surface area contributed by atoms with Gasteiger partial charge in [-0.15, -0.1) is 0 Å². The summed E-state index contributed by atoms with van der Waals surface area (Å²) in [6, 6.07) is 17.1. The van der Waals surface area contributed by atoms with Gasteiger partial charge in [0.25, 0.3) is 5.91 Å². The van der Waals surface area contributed by atoms with Crippen molar-refractivity contribution in [1.29, 1.82) is 0 Å². The first-order chi connectivity index (χ1) is 11.2. The van der Waals surface area contributed by atoms with E-state index in [1.165, 1.54) is 0 Å². The normalized spacial score (nSPS) is 19.1. The third kappa shape index (κ3) is 4.10. The van der Waals surface area contributed by atoms with Gasteiger partial charge in [0.1, 0.15) is 6.10 Å². The summed E-state index contributed by atoms with van der Waals surface area (Å²) in [6.07, 6.45) is -0.464. The quantitative estimate of drug-likeness (QED) is 0.905. The lowest BCUT2D eigenvalue weighted by molar-refractivity contribution is -0.134. The van der Waals surface area contributed by atoms with Gasteiger partial charge in [0.15, 0.2) is 0 Å². The van der Waals surface area contributed by atoms with Crippen molar-refractivity contribution in [2.24, 2.45) is 0 Å². The van der Waals surface area contributed by atoms with Crippen LogP contribution < -0.4 is 10.6 Å². The molecule has 1 saturated heterocycles. The van der Waals surface area contributed by atoms with Gasteiger partial charge in [0.2, 0.25) is 0 Å². The van der Waals surface area contributed by atoms with Crippen molar-refractivity contribution >= 4 is 17.5 Å². The molecule has 1 aliphatic rings. The molecule has 0 bridgehead atoms. The molecule has 0 aliphatic carbocycles. The van der Waals surface area contributed by atoms with Crippen LogP contribution in [0, 0.1) is 0 Å². The molecular weight excluding hydrogens is 312 g/mol. The highest BCUT2D eigenvalue weighted by atomic mass is 35.5. The van der Waals surface area contributed by atoms with E-state index in [1.807, 2.05) is 54.6 Å². The number of carbonyl (C=O) groups is 1. The second-order valence-electron chi connectivity index (χ2n) is 5.47. The van der Waals surface area contributed by atoms with E-state index >= 15 is 0 Å². The smallest absolute Gasteiger partial charge is 0.251 e. The Morgan fingerprint density at radius 3 is 2.65 bits per heavy atom. The third-order valence-corrected chi connectivity index (χ3v) is 4.06. The second-order valence-corrected chi connectivity index (χ2v) is 5.91. The SMILES string of the molecule is O=C(NC(c1ccccc1)c1cccc(Cl)c1)C1CNCCO1. The van der Waals surface area contributed by atoms with Crippen LogP contribution in [0.4, 0.5) is 0 Å². The number of hydrogen-bond donors (Lipinski definition) is 2. The minimum atomic E-state index is -0.464. The molecule has 3 rings (SSSR count). The molecule has 0 aromatic heterocycles. The zero-order chi connectivity index (χ0) is 16.1. The van der Waals surface area contributed by atoms with E-state index in [0.717, 1.165) is 17.7 Å². The van der Waals surface area contributed by atoms with Crippen molar-refractivity contribution in [3.63, 3.8) is 0 Å². The predicted molar refractivity (Wildman–Crippen MR) is 90.5 cm³/mol. The number of morpholine rings is 1. The molecule has 5 heteroatoms. The van der Waals surface area contributed by atoms with Crippen molar-refractivity contribution in [2.75, 3.05) is 19.7 Å². The van der Waals surface area contributed by atoms with Gasteiger partial charge < -0.3 is 15.4 Å². The number of nitrogens with one attached hydrogen (secondary N) is 2. The van der Waals surface area contributed by atoms with Crippen LogP contribution in [0.1, 0.15) is 17.2 Å². The fraction of sp³-hybridized carbons (Fsp3) is 0.278. The Bertz CT molecular complexity index is 657. The summed E-state index contributed by atoms with van der Waals surface area (Å²) < 4.78 is 5.54. The van der Waals surface area contributed by atoms with Gasteiger partial charge in [0.05, 0.1) is 12.6 Å². The van der Waals surface area contributed by atoms with Crippen LogP contribution in [-0.2, 0) is 9.53 Å². The maximum Gasteiger partial charge on any atom is 0.251 e. The average Bonchev–Trinajstić information content (AvgIpc) is 2.61. The summed E-state index contributed by atoms with van der Waals surface area (Å²) >= 11 is 6.11. The zero-order valence-corrected chi connectivity index (χ0v) is 13.4. The molecule has 0 saturated carbocycles. The molecule has 1 heterocycles. The monoisotopic (exact) mass is 330 g/mol. The van der Waals surface area contributed by atoms with Crippen molar-refractivity contribution in [3.8, 4) is 0 Å². The first kappa shape index (κ1) is 16.0. The van der Waals surface area contributed by atoms with E-state index in [9.17, 15) is 4.79 Å². The summed E-state index contributed by atoms with van der Waals surface area (Å²) in [7, 11) is 0. The topological polar surface area (TPSA) is 50.4 Å². The molecule has 0 radical (unpaired) electrons. The Kier molecular flexibility index (Phi) is 5.28. The van der Waals surface area contributed by atoms with Gasteiger partial charge >= 0.3 is 0 Å². The lowest BCUT2D eigenvalue weighted by Crippen LogP contribution is -2.48. The highest BCUT2D eigenvalue weighted by Gasteiger charge is 2.25. The molecule has 1 amide bonds. The first-order valence-corrected chi connectivity index (χ1v) is 8.05. The number of rotatable bonds is 4. The van der Waals surface area contributed by atoms with Crippen LogP contribution in [0.15, 0.2) is 54.6 Å². The minimum Gasteiger partial charge on any atom is -0.366 e. The molecule has 1 fully saturated rings. The standard InChI is InChI=1S/C18H19ClN2O2/c19-15-8-4-7-14(11-15)17(13-5-2-1-3-6-13)21-18(22)16-12-20-9-10-23-16/h1-8,11,16-17,20H,9-10,12H2,(H,21,22). The summed E-state index contributed by atoms with van der Waals surface area (Å²) in [4.78, 5) is 12.5. The van der Waals surface area contributed by atoms with Gasteiger partial charge in [-0.3, -0.25) is 4.79 Å². The number of ether oxygens (including phenoxy) is 1. The molecule has 2 aromatic carbocycles. The Balaban J connectivity index is 1.85. The first-order valence-electron chi connectivity index (χ1n) is 7.67. The van der Waals surface area contributed by atoms with Crippen LogP contribution in [-0.4, -0.2) is 31.7 Å². The number of hydrogen-bond acceptors (Lipinski definition) is 3. The molecule has 23 heavy (non-hydrogen) atoms. The number of amides is 1. The van der Waals surface area contributed by atoms with Crippen molar-refractivity contribution in [3.05, 3.63) is 70.7 Å². The highest BCUT2D eigenvalue weighted by Crippen LogP contribution is 2.24. The zero-order valence-electron chi connectivity index (χ0n) is 12.7. The minimum absolute atomic E-state index is 0.119. The van der Waals surface area contributed by atoms with E-state index in [4.69, 9.17) is 16.3 Å². The fourth-order valence-electron chi connectivity index (χ4n) is 2.66. The Labute approximate surface area is 140 Å². The summed E-state index contributed by atoms with van der Waals surface area (Å²) in [5.74, 6) is -0.119. The molecule has 2 N–H and O–H groups in total. The van der Waals surface area contributed by atoms with Gasteiger partial charge in [-0.1, -0.05) is 54.1 Å². The maximum atomic E-state index is 12.5. The van der Waals surface area contributed by atoms with E-state index < -0.39 is 6.10 Å². The number of halogens is 1. The summed E-state index contributed by atoms with van der Waals surface area (Å²) in [5.41, 5.74) is 1.95. The molecule has 1 aliphatic heterocycles. The molecule has 120 valence electrons. The Morgan fingerprint density at radius 1 is 1.17 bits per heavy atom. The highest BCUT2D eigenvalue weighted by molar-refractivity contribution is 6.30. The number of carbonyl (C=O) groups excluding carboxylic acids is 1. The lowest BCUT2D eigenvalue weighted by Gasteiger charge is -2.26. The Hall–Kier alpha value is -1.88. The maximum absolute atomic E-state index is 12.5. The van der Waals surface area contributed by atoms with Crippen LogP contribution in [0.5, 0.6) is 0 Å². The van der Waals surface area contributed by atoms with Gasteiger partial charge in [0, 0.05) is 18.1 Å². The van der Waals surface area contributed by atoms with E-state index in [2.05, 4.69) is 10.6 Å². The van der Waals surface area contributed by atoms with Crippen LogP contribution in [0.2, 0.25) is 5.02 Å². The molecule has 2 aromatic rings. The van der Waals surface area contributed by atoms with Crippen LogP contribution >= 0.6 is 11.6 Å². The second kappa shape index (κ2) is 7.59. The molecule has 0 spiro atoms. The number of benzene rings is 2. The molecular formula is C18H19ClN2O2. The fourth-order valence-corrected chi connectivity index (χ4v) is 2.86. The van der Waals surface area contributed by atoms with Gasteiger partial charge in [-0.25, -0.2) is 0 Å². The van der Waals surface area contributed by atoms with Crippen molar-refractivity contribution in [1.82, 2.24) is 10.6 Å². The van der Waals surface area contributed by atoms with Crippen molar-refractivity contribution in [2.45, 2.75) is 12.1 Å². The van der Waals surface area contributed by atoms with Gasteiger partial charge in [-0.05, 0) is 23.3 Å². The predicted octanol–water partition coefficient (Wildman–Crippen LogP) is 2.53. The summed E-state index contributed by atoms with van der Waals surface area (Å²) in [5, 5.41) is 6.90. The summed E-state index contributed by atoms with van der Waals surface area (Å²) in [6.45, 7) is 1.86. The lowest BCUT2D eigenvalue weighted by atomic mass is 9.98. The molecule has 2 unspecified atom stereocenters. The molecule has 4 nitrogen and oxygen atoms in total. The largest absolute Gasteiger partial charge is 0.366 e. The van der Waals surface area contributed by atoms with E-state index in [1.54, 1.807) is 0 Å². The van der Waals surface area contributed by atoms with Crippen LogP contribution in [0.25, 0.3) is 0 Å². The Morgan fingerprint density at radius 2 is 1.96 bits per heavy atom. The van der Waals surface area contributed by atoms with E-state index in [-0.39, 0.29) is 11.9 Å². The third-order valence-electron chi connectivity index (χ3n) is 3.82. The average molecular weight is 331 g/mol. The molecule has 2 atom stereocenters. The van der Waals surface area contributed by atoms with E-state index in [0.29, 0.717) is 18.2 Å². The van der Waals surface area contributed by atoms with Crippen LogP contribution in [0.3, 0.4) is 0 Å². The van der Waals surface area contributed by atoms with Gasteiger partial charge in [-0.2, -0.15) is 0 Å².